The largest absolute Gasteiger partial charge is 0.310 e. The lowest BCUT2D eigenvalue weighted by Gasteiger charge is -2.25. The summed E-state index contributed by atoms with van der Waals surface area (Å²) in [4.78, 5) is 32.9. The summed E-state index contributed by atoms with van der Waals surface area (Å²) in [5.41, 5.74) is 14.6. The van der Waals surface area contributed by atoms with E-state index in [0.29, 0.717) is 22.3 Å². The molecule has 0 aliphatic rings. The second-order valence-electron chi connectivity index (χ2n) is 18.5. The first-order chi connectivity index (χ1) is 36.6. The van der Waals surface area contributed by atoms with E-state index in [-0.39, 0.29) is 11.6 Å². The molecule has 0 N–H and O–H groups in total. The van der Waals surface area contributed by atoms with Crippen LogP contribution in [0.4, 0.5) is 34.1 Å². The Hall–Kier alpha value is -10.0. The summed E-state index contributed by atoms with van der Waals surface area (Å²) >= 11 is 0. The van der Waals surface area contributed by atoms with E-state index in [2.05, 4.69) is 201 Å². The fourth-order valence-corrected chi connectivity index (χ4v) is 10.6. The van der Waals surface area contributed by atoms with Crippen LogP contribution in [0.5, 0.6) is 0 Å². The molecular weight excluding hydrogens is 905 g/mol. The Kier molecular flexibility index (Phi) is 11.1. The van der Waals surface area contributed by atoms with E-state index in [4.69, 9.17) is 0 Å². The molecule has 6 nitrogen and oxygen atoms in total. The van der Waals surface area contributed by atoms with Gasteiger partial charge in [0.25, 0.3) is 0 Å². The minimum absolute atomic E-state index is 0.152. The molecule has 0 atom stereocenters. The number of anilines is 6. The Labute approximate surface area is 428 Å². The van der Waals surface area contributed by atoms with Gasteiger partial charge in [0.1, 0.15) is 0 Å². The molecule has 0 aliphatic heterocycles. The number of para-hydroxylation sites is 6. The molecule has 74 heavy (non-hydrogen) atoms. The van der Waals surface area contributed by atoms with E-state index in [1.807, 2.05) is 72.8 Å². The summed E-state index contributed by atoms with van der Waals surface area (Å²) in [5.74, 6) is -0.305. The first kappa shape index (κ1) is 43.9. The van der Waals surface area contributed by atoms with Crippen LogP contribution in [0.25, 0.3) is 55.0 Å². The number of ketones is 2. The minimum atomic E-state index is -0.152. The quantitative estimate of drug-likeness (QED) is 0.115. The summed E-state index contributed by atoms with van der Waals surface area (Å²) in [7, 11) is 0. The van der Waals surface area contributed by atoms with Crippen molar-refractivity contribution in [1.29, 1.82) is 0 Å². The highest BCUT2D eigenvalue weighted by Gasteiger charge is 2.21. The van der Waals surface area contributed by atoms with Gasteiger partial charge in [0.05, 0.1) is 22.1 Å². The lowest BCUT2D eigenvalue weighted by Crippen LogP contribution is -2.09. The number of fused-ring (bicyclic) bond motifs is 6. The van der Waals surface area contributed by atoms with E-state index in [1.165, 1.54) is 0 Å². The Balaban J connectivity index is 0.775. The first-order valence-electron chi connectivity index (χ1n) is 24.8. The molecule has 0 radical (unpaired) electrons. The standard InChI is InChI=1S/C68H46N4O2/c73-67(47-32-36-55(37-33-47)71-63-30-15-13-28-59(63)61-45-57(40-42-65(61)71)69(51-20-5-1-6-21-51)52-22-7-2-8-23-52)49-18-17-19-50(44-49)68(74)48-34-38-56(39-35-48)72-64-31-16-14-29-60(64)62-46-58(41-43-66(62)72)70(53-24-9-3-10-25-53)54-26-11-4-12-27-54/h1-46H. The lowest BCUT2D eigenvalue weighted by molar-refractivity contribution is 0.103. The third-order valence-electron chi connectivity index (χ3n) is 14.0. The number of carbonyl (C=O) groups is 2. The monoisotopic (exact) mass is 950 g/mol. The van der Waals surface area contributed by atoms with Crippen LogP contribution in [0.1, 0.15) is 31.8 Å². The number of benzene rings is 11. The highest BCUT2D eigenvalue weighted by Crippen LogP contribution is 2.42. The SMILES string of the molecule is O=C(c1ccc(-n2c3ccccc3c3cc(N(c4ccccc4)c4ccccc4)ccc32)cc1)c1cccc(C(=O)c2ccc(-n3c4ccccc4c4cc(N(c5ccccc5)c5ccccc5)ccc43)cc2)c1. The molecule has 0 spiro atoms. The Morgan fingerprint density at radius 3 is 0.932 bits per heavy atom. The number of rotatable bonds is 12. The average Bonchev–Trinajstić information content (AvgIpc) is 3.98. The van der Waals surface area contributed by atoms with Gasteiger partial charge in [0.15, 0.2) is 11.6 Å². The maximum atomic E-state index is 14.2. The van der Waals surface area contributed by atoms with E-state index in [0.717, 1.165) is 89.1 Å². The second-order valence-corrected chi connectivity index (χ2v) is 18.5. The molecule has 2 aromatic heterocycles. The molecule has 0 fully saturated rings. The molecule has 11 aromatic carbocycles. The molecule has 0 bridgehead atoms. The maximum absolute atomic E-state index is 14.2. The Bertz CT molecular complexity index is 3850. The van der Waals surface area contributed by atoms with Crippen molar-refractivity contribution >= 4 is 89.3 Å². The van der Waals surface area contributed by atoms with Gasteiger partial charge in [-0.1, -0.05) is 127 Å². The van der Waals surface area contributed by atoms with Gasteiger partial charge in [-0.2, -0.15) is 0 Å². The molecule has 13 rings (SSSR count). The highest BCUT2D eigenvalue weighted by atomic mass is 16.1. The topological polar surface area (TPSA) is 50.5 Å². The number of hydrogen-bond donors (Lipinski definition) is 0. The van der Waals surface area contributed by atoms with Crippen molar-refractivity contribution in [2.24, 2.45) is 0 Å². The second kappa shape index (κ2) is 18.6. The number of aromatic nitrogens is 2. The number of hydrogen-bond acceptors (Lipinski definition) is 4. The maximum Gasteiger partial charge on any atom is 0.193 e. The summed E-state index contributed by atoms with van der Waals surface area (Å²) in [6, 6.07) is 94.5. The lowest BCUT2D eigenvalue weighted by atomic mass is 9.97. The van der Waals surface area contributed by atoms with Crippen LogP contribution in [-0.4, -0.2) is 20.7 Å². The van der Waals surface area contributed by atoms with Crippen LogP contribution >= 0.6 is 0 Å². The van der Waals surface area contributed by atoms with Crippen molar-refractivity contribution in [2.45, 2.75) is 0 Å². The van der Waals surface area contributed by atoms with Gasteiger partial charge in [-0.25, -0.2) is 0 Å². The van der Waals surface area contributed by atoms with Crippen LogP contribution in [0.15, 0.2) is 279 Å². The molecule has 2 heterocycles. The fourth-order valence-electron chi connectivity index (χ4n) is 10.6. The van der Waals surface area contributed by atoms with E-state index >= 15 is 0 Å². The zero-order chi connectivity index (χ0) is 49.5. The molecular formula is C68H46N4O2. The van der Waals surface area contributed by atoms with Gasteiger partial charge in [0.2, 0.25) is 0 Å². The molecule has 0 aliphatic carbocycles. The van der Waals surface area contributed by atoms with Gasteiger partial charge >= 0.3 is 0 Å². The molecule has 0 saturated carbocycles. The van der Waals surface area contributed by atoms with Crippen molar-refractivity contribution in [1.82, 2.24) is 9.13 Å². The third kappa shape index (κ3) is 7.79. The zero-order valence-electron chi connectivity index (χ0n) is 40.2. The van der Waals surface area contributed by atoms with E-state index in [1.54, 1.807) is 24.3 Å². The van der Waals surface area contributed by atoms with E-state index < -0.39 is 0 Å². The van der Waals surface area contributed by atoms with Crippen molar-refractivity contribution in [3.8, 4) is 11.4 Å². The van der Waals surface area contributed by atoms with Crippen LogP contribution < -0.4 is 9.80 Å². The Morgan fingerprint density at radius 2 is 0.568 bits per heavy atom. The predicted molar refractivity (Wildman–Crippen MR) is 304 cm³/mol. The highest BCUT2D eigenvalue weighted by molar-refractivity contribution is 6.15. The van der Waals surface area contributed by atoms with Crippen molar-refractivity contribution in [3.05, 3.63) is 301 Å². The molecule has 0 saturated heterocycles. The molecule has 350 valence electrons. The van der Waals surface area contributed by atoms with Crippen molar-refractivity contribution in [2.75, 3.05) is 9.80 Å². The fraction of sp³-hybridized carbons (Fsp3) is 0. The van der Waals surface area contributed by atoms with Crippen LogP contribution in [-0.2, 0) is 0 Å². The normalized spacial score (nSPS) is 11.4. The van der Waals surface area contributed by atoms with Gasteiger partial charge in [0, 0.05) is 89.3 Å². The minimum Gasteiger partial charge on any atom is -0.310 e. The van der Waals surface area contributed by atoms with Gasteiger partial charge in [-0.3, -0.25) is 9.59 Å². The summed E-state index contributed by atoms with van der Waals surface area (Å²) in [6.07, 6.45) is 0. The Morgan fingerprint density at radius 1 is 0.243 bits per heavy atom. The van der Waals surface area contributed by atoms with Gasteiger partial charge < -0.3 is 18.9 Å². The van der Waals surface area contributed by atoms with Gasteiger partial charge in [-0.05, 0) is 152 Å². The molecule has 0 unspecified atom stereocenters. The van der Waals surface area contributed by atoms with Crippen molar-refractivity contribution in [3.63, 3.8) is 0 Å². The van der Waals surface area contributed by atoms with Crippen LogP contribution in [0.2, 0.25) is 0 Å². The van der Waals surface area contributed by atoms with Crippen molar-refractivity contribution < 1.29 is 9.59 Å². The summed E-state index contributed by atoms with van der Waals surface area (Å²) in [5, 5.41) is 4.53. The summed E-state index contributed by atoms with van der Waals surface area (Å²) < 4.78 is 4.51. The average molecular weight is 951 g/mol. The molecule has 13 aromatic rings. The first-order valence-corrected chi connectivity index (χ1v) is 24.8. The molecule has 0 amide bonds. The zero-order valence-corrected chi connectivity index (χ0v) is 40.2. The van der Waals surface area contributed by atoms with Gasteiger partial charge in [-0.15, -0.1) is 0 Å². The van der Waals surface area contributed by atoms with E-state index in [9.17, 15) is 9.59 Å². The third-order valence-corrected chi connectivity index (χ3v) is 14.0. The predicted octanol–water partition coefficient (Wildman–Crippen LogP) is 17.3. The smallest absolute Gasteiger partial charge is 0.193 e. The summed E-state index contributed by atoms with van der Waals surface area (Å²) in [6.45, 7) is 0. The molecule has 6 heteroatoms. The number of nitrogens with zero attached hydrogens (tertiary/aromatic N) is 4. The number of carbonyl (C=O) groups excluding carboxylic acids is 2. The van der Waals surface area contributed by atoms with Crippen LogP contribution in [0, 0.1) is 0 Å². The van der Waals surface area contributed by atoms with Crippen LogP contribution in [0.3, 0.4) is 0 Å².